The SMILES string of the molecule is CC1C2C3CC4CC12CN4C3. The van der Waals surface area contributed by atoms with Crippen molar-refractivity contribution in [2.24, 2.45) is 23.2 Å². The zero-order valence-electron chi connectivity index (χ0n) is 7.09. The average Bonchev–Trinajstić information content (AvgIpc) is 2.27. The van der Waals surface area contributed by atoms with Gasteiger partial charge in [0.25, 0.3) is 0 Å². The lowest BCUT2D eigenvalue weighted by Crippen LogP contribution is -2.28. The van der Waals surface area contributed by atoms with E-state index in [0.717, 1.165) is 29.2 Å². The van der Waals surface area contributed by atoms with E-state index >= 15 is 0 Å². The highest BCUT2D eigenvalue weighted by Gasteiger charge is 2.74. The maximum atomic E-state index is 2.77. The van der Waals surface area contributed by atoms with Gasteiger partial charge in [-0.15, -0.1) is 0 Å². The average molecular weight is 149 g/mol. The minimum Gasteiger partial charge on any atom is -0.299 e. The molecule has 2 aliphatic carbocycles. The third kappa shape index (κ3) is 0.395. The van der Waals surface area contributed by atoms with Crippen LogP contribution in [-0.4, -0.2) is 24.0 Å². The van der Waals surface area contributed by atoms with Gasteiger partial charge in [-0.1, -0.05) is 6.92 Å². The van der Waals surface area contributed by atoms with E-state index in [-0.39, 0.29) is 0 Å². The first kappa shape index (κ1) is 5.58. The van der Waals surface area contributed by atoms with Gasteiger partial charge in [0.2, 0.25) is 0 Å². The summed E-state index contributed by atoms with van der Waals surface area (Å²) in [7, 11) is 0. The van der Waals surface area contributed by atoms with E-state index < -0.39 is 0 Å². The molecule has 1 spiro atoms. The van der Waals surface area contributed by atoms with Crippen LogP contribution in [0.2, 0.25) is 0 Å². The van der Waals surface area contributed by atoms with Gasteiger partial charge in [-0.25, -0.2) is 0 Å². The van der Waals surface area contributed by atoms with Crippen molar-refractivity contribution in [1.82, 2.24) is 4.90 Å². The van der Waals surface area contributed by atoms with E-state index in [1.54, 1.807) is 12.8 Å². The van der Waals surface area contributed by atoms with E-state index in [1.165, 1.54) is 13.1 Å². The van der Waals surface area contributed by atoms with E-state index in [9.17, 15) is 0 Å². The van der Waals surface area contributed by atoms with Crippen LogP contribution < -0.4 is 0 Å². The molecule has 5 rings (SSSR count). The Morgan fingerprint density at radius 3 is 3.09 bits per heavy atom. The van der Waals surface area contributed by atoms with Crippen molar-refractivity contribution in [3.05, 3.63) is 0 Å². The summed E-state index contributed by atoms with van der Waals surface area (Å²) in [5, 5.41) is 0. The van der Waals surface area contributed by atoms with Crippen LogP contribution in [-0.2, 0) is 0 Å². The van der Waals surface area contributed by atoms with Crippen molar-refractivity contribution in [2.45, 2.75) is 25.8 Å². The second-order valence-corrected chi connectivity index (χ2v) is 5.33. The fourth-order valence-electron chi connectivity index (χ4n) is 4.76. The lowest BCUT2D eigenvalue weighted by Gasteiger charge is -2.23. The first-order valence-electron chi connectivity index (χ1n) is 5.05. The second-order valence-electron chi connectivity index (χ2n) is 5.33. The van der Waals surface area contributed by atoms with Gasteiger partial charge in [0.05, 0.1) is 0 Å². The van der Waals surface area contributed by atoms with Gasteiger partial charge in [-0.05, 0) is 36.0 Å². The quantitative estimate of drug-likeness (QED) is 0.502. The van der Waals surface area contributed by atoms with Crippen LogP contribution in [0.1, 0.15) is 19.8 Å². The molecule has 60 valence electrons. The zero-order valence-corrected chi connectivity index (χ0v) is 7.09. The first-order chi connectivity index (χ1) is 5.31. The van der Waals surface area contributed by atoms with Gasteiger partial charge < -0.3 is 0 Å². The lowest BCUT2D eigenvalue weighted by atomic mass is 9.83. The summed E-state index contributed by atoms with van der Waals surface area (Å²) in [6, 6.07) is 1.03. The standard InChI is InChI=1S/C10H15N/c1-6-9-7-2-8-3-10(6,9)5-11(8)4-7/h6-9H,2-5H2,1H3. The van der Waals surface area contributed by atoms with Crippen LogP contribution in [0, 0.1) is 23.2 Å². The summed E-state index contributed by atoms with van der Waals surface area (Å²) in [5.74, 6) is 3.37. The maximum Gasteiger partial charge on any atom is 0.0105 e. The third-order valence-corrected chi connectivity index (χ3v) is 5.18. The van der Waals surface area contributed by atoms with Crippen LogP contribution in [0.5, 0.6) is 0 Å². The van der Waals surface area contributed by atoms with Gasteiger partial charge in [-0.2, -0.15) is 0 Å². The predicted octanol–water partition coefficient (Wildman–Crippen LogP) is 1.35. The maximum absolute atomic E-state index is 2.77. The van der Waals surface area contributed by atoms with Gasteiger partial charge in [0.1, 0.15) is 0 Å². The highest BCUT2D eigenvalue weighted by atomic mass is 15.3. The summed E-state index contributed by atoms with van der Waals surface area (Å²) < 4.78 is 0. The van der Waals surface area contributed by atoms with Crippen molar-refractivity contribution in [2.75, 3.05) is 13.1 Å². The van der Waals surface area contributed by atoms with Crippen molar-refractivity contribution >= 4 is 0 Å². The monoisotopic (exact) mass is 149 g/mol. The highest BCUT2D eigenvalue weighted by Crippen LogP contribution is 2.74. The van der Waals surface area contributed by atoms with Crippen LogP contribution in [0.15, 0.2) is 0 Å². The minimum absolute atomic E-state index is 0.867. The largest absolute Gasteiger partial charge is 0.299 e. The van der Waals surface area contributed by atoms with Gasteiger partial charge >= 0.3 is 0 Å². The molecular formula is C10H15N. The second kappa shape index (κ2) is 1.28. The molecule has 0 aromatic rings. The fourth-order valence-corrected chi connectivity index (χ4v) is 4.76. The molecule has 11 heavy (non-hydrogen) atoms. The molecule has 3 heterocycles. The molecule has 0 amide bonds. The molecule has 5 fully saturated rings. The molecule has 3 aliphatic heterocycles. The normalized spacial score (nSPS) is 75.5. The Hall–Kier alpha value is -0.0400. The molecule has 6 unspecified atom stereocenters. The molecule has 1 heteroatoms. The zero-order chi connectivity index (χ0) is 7.22. The number of hydrogen-bond acceptors (Lipinski definition) is 1. The minimum atomic E-state index is 0.867. The summed E-state index contributed by atoms with van der Waals surface area (Å²) in [5.41, 5.74) is 0.867. The van der Waals surface area contributed by atoms with Gasteiger partial charge in [-0.3, -0.25) is 4.90 Å². The Bertz CT molecular complexity index is 221. The van der Waals surface area contributed by atoms with Gasteiger partial charge in [0.15, 0.2) is 0 Å². The van der Waals surface area contributed by atoms with Gasteiger partial charge in [0, 0.05) is 19.1 Å². The summed E-state index contributed by atoms with van der Waals surface area (Å²) in [6.45, 7) is 5.43. The molecule has 5 aliphatic rings. The predicted molar refractivity (Wildman–Crippen MR) is 43.2 cm³/mol. The Kier molecular flexibility index (Phi) is 0.651. The fraction of sp³-hybridized carbons (Fsp3) is 1.00. The third-order valence-electron chi connectivity index (χ3n) is 5.18. The Morgan fingerprint density at radius 1 is 1.45 bits per heavy atom. The molecule has 0 N–H and O–H groups in total. The van der Waals surface area contributed by atoms with Crippen molar-refractivity contribution in [3.8, 4) is 0 Å². The summed E-state index contributed by atoms with van der Waals surface area (Å²) in [6.07, 6.45) is 3.12. The van der Waals surface area contributed by atoms with Crippen LogP contribution in [0.25, 0.3) is 0 Å². The Balaban J connectivity index is 1.89. The summed E-state index contributed by atoms with van der Waals surface area (Å²) in [4.78, 5) is 2.77. The smallest absolute Gasteiger partial charge is 0.0105 e. The van der Waals surface area contributed by atoms with E-state index in [0.29, 0.717) is 0 Å². The van der Waals surface area contributed by atoms with E-state index in [4.69, 9.17) is 0 Å². The number of piperidine rings is 1. The topological polar surface area (TPSA) is 3.24 Å². The van der Waals surface area contributed by atoms with Crippen LogP contribution in [0.4, 0.5) is 0 Å². The Morgan fingerprint density at radius 2 is 2.36 bits per heavy atom. The number of rotatable bonds is 0. The van der Waals surface area contributed by atoms with Crippen molar-refractivity contribution < 1.29 is 0 Å². The number of nitrogens with zero attached hydrogens (tertiary/aromatic N) is 1. The highest BCUT2D eigenvalue weighted by molar-refractivity contribution is 5.24. The molecular weight excluding hydrogens is 134 g/mol. The Labute approximate surface area is 67.8 Å². The van der Waals surface area contributed by atoms with Crippen LogP contribution in [0.3, 0.4) is 0 Å². The number of hydrogen-bond donors (Lipinski definition) is 0. The first-order valence-corrected chi connectivity index (χ1v) is 5.05. The molecule has 2 saturated carbocycles. The lowest BCUT2D eigenvalue weighted by molar-refractivity contribution is 0.249. The molecule has 4 bridgehead atoms. The van der Waals surface area contributed by atoms with E-state index in [1.807, 2.05) is 0 Å². The molecule has 6 atom stereocenters. The molecule has 0 aromatic carbocycles. The van der Waals surface area contributed by atoms with E-state index in [2.05, 4.69) is 11.8 Å². The van der Waals surface area contributed by atoms with Crippen LogP contribution >= 0.6 is 0 Å². The summed E-state index contributed by atoms with van der Waals surface area (Å²) >= 11 is 0. The molecule has 1 nitrogen and oxygen atoms in total. The molecule has 0 aromatic heterocycles. The van der Waals surface area contributed by atoms with Crippen molar-refractivity contribution in [3.63, 3.8) is 0 Å². The molecule has 3 saturated heterocycles. The molecule has 0 radical (unpaired) electrons. The van der Waals surface area contributed by atoms with Crippen molar-refractivity contribution in [1.29, 1.82) is 0 Å².